The smallest absolute Gasteiger partial charge is 0.273 e. The molecule has 1 atom stereocenters. The summed E-state index contributed by atoms with van der Waals surface area (Å²) in [6.07, 6.45) is 2.27. The third-order valence-corrected chi connectivity index (χ3v) is 2.71. The van der Waals surface area contributed by atoms with E-state index >= 15 is 0 Å². The third-order valence-electron chi connectivity index (χ3n) is 1.96. The van der Waals surface area contributed by atoms with E-state index < -0.39 is 15.8 Å². The van der Waals surface area contributed by atoms with Crippen LogP contribution in [-0.4, -0.2) is 18.5 Å². The van der Waals surface area contributed by atoms with E-state index in [-0.39, 0.29) is 0 Å². The molecule has 2 N–H and O–H groups in total. The first kappa shape index (κ1) is 11.9. The molecule has 12 heavy (non-hydrogen) atoms. The molecule has 0 amide bonds. The van der Waals surface area contributed by atoms with Gasteiger partial charge in [-0.2, -0.15) is 13.1 Å². The van der Waals surface area contributed by atoms with E-state index in [2.05, 4.69) is 4.72 Å². The van der Waals surface area contributed by atoms with E-state index in [1.165, 1.54) is 0 Å². The van der Waals surface area contributed by atoms with E-state index in [9.17, 15) is 8.42 Å². The first-order chi connectivity index (χ1) is 5.33. The van der Waals surface area contributed by atoms with Gasteiger partial charge in [0.25, 0.3) is 0 Å². The van der Waals surface area contributed by atoms with Crippen LogP contribution in [0.25, 0.3) is 0 Å². The van der Waals surface area contributed by atoms with Crippen LogP contribution in [-0.2, 0) is 10.3 Å². The van der Waals surface area contributed by atoms with Gasteiger partial charge in [0.05, 0.1) is 0 Å². The minimum Gasteiger partial charge on any atom is -0.273 e. The fourth-order valence-electron chi connectivity index (χ4n) is 1.16. The van der Waals surface area contributed by atoms with Gasteiger partial charge in [0.1, 0.15) is 0 Å². The maximum absolute atomic E-state index is 10.5. The van der Waals surface area contributed by atoms with Gasteiger partial charge in [-0.3, -0.25) is 4.55 Å². The van der Waals surface area contributed by atoms with Crippen molar-refractivity contribution < 1.29 is 13.0 Å². The Morgan fingerprint density at radius 1 is 1.42 bits per heavy atom. The zero-order valence-electron chi connectivity index (χ0n) is 7.79. The molecular formula is C7H17NO3S. The maximum atomic E-state index is 10.5. The molecule has 0 aromatic carbocycles. The highest BCUT2D eigenvalue weighted by atomic mass is 32.2. The lowest BCUT2D eigenvalue weighted by Crippen LogP contribution is -2.44. The quantitative estimate of drug-likeness (QED) is 0.651. The molecule has 0 aromatic rings. The molecule has 4 nitrogen and oxygen atoms in total. The summed E-state index contributed by atoms with van der Waals surface area (Å²) in [4.78, 5) is 0. The molecular weight excluding hydrogens is 178 g/mol. The average molecular weight is 195 g/mol. The van der Waals surface area contributed by atoms with Gasteiger partial charge in [0, 0.05) is 5.54 Å². The SMILES string of the molecule is CCCC(C)(CC)NS(=O)(=O)O. The third kappa shape index (κ3) is 4.69. The molecule has 0 aliphatic carbocycles. The lowest BCUT2D eigenvalue weighted by molar-refractivity contribution is 0.348. The van der Waals surface area contributed by atoms with Crippen molar-refractivity contribution in [3.63, 3.8) is 0 Å². The second kappa shape index (κ2) is 4.20. The Kier molecular flexibility index (Phi) is 4.16. The van der Waals surface area contributed by atoms with Crippen molar-refractivity contribution in [2.24, 2.45) is 0 Å². The van der Waals surface area contributed by atoms with Gasteiger partial charge in [-0.15, -0.1) is 0 Å². The zero-order chi connectivity index (χ0) is 9.83. The predicted octanol–water partition coefficient (Wildman–Crippen LogP) is 1.35. The summed E-state index contributed by atoms with van der Waals surface area (Å²) in [5, 5.41) is 0. The predicted molar refractivity (Wildman–Crippen MR) is 48.3 cm³/mol. The van der Waals surface area contributed by atoms with Gasteiger partial charge in [0.15, 0.2) is 0 Å². The lowest BCUT2D eigenvalue weighted by atomic mass is 9.95. The topological polar surface area (TPSA) is 66.4 Å². The minimum atomic E-state index is -4.07. The summed E-state index contributed by atoms with van der Waals surface area (Å²) in [5.74, 6) is 0. The number of nitrogens with one attached hydrogen (secondary N) is 1. The van der Waals surface area contributed by atoms with E-state index in [4.69, 9.17) is 4.55 Å². The Labute approximate surface area is 74.2 Å². The Balaban J connectivity index is 4.34. The largest absolute Gasteiger partial charge is 0.333 e. The van der Waals surface area contributed by atoms with Crippen molar-refractivity contribution in [1.82, 2.24) is 4.72 Å². The molecule has 0 spiro atoms. The van der Waals surface area contributed by atoms with Crippen molar-refractivity contribution in [3.8, 4) is 0 Å². The average Bonchev–Trinajstić information content (AvgIpc) is 1.84. The second-order valence-corrected chi connectivity index (χ2v) is 4.40. The molecule has 0 fully saturated rings. The maximum Gasteiger partial charge on any atom is 0.333 e. The number of hydrogen-bond acceptors (Lipinski definition) is 2. The molecule has 0 radical (unpaired) electrons. The lowest BCUT2D eigenvalue weighted by Gasteiger charge is -2.26. The van der Waals surface area contributed by atoms with Gasteiger partial charge in [-0.25, -0.2) is 0 Å². The van der Waals surface area contributed by atoms with Crippen molar-refractivity contribution in [2.75, 3.05) is 0 Å². The van der Waals surface area contributed by atoms with Gasteiger partial charge in [-0.05, 0) is 19.8 Å². The van der Waals surface area contributed by atoms with Crippen LogP contribution in [0.15, 0.2) is 0 Å². The standard InChI is InChI=1S/C7H17NO3S/c1-4-6-7(3,5-2)8-12(9,10)11/h8H,4-6H2,1-3H3,(H,9,10,11). The van der Waals surface area contributed by atoms with Crippen LogP contribution in [0.2, 0.25) is 0 Å². The van der Waals surface area contributed by atoms with Crippen LogP contribution in [0, 0.1) is 0 Å². The Morgan fingerprint density at radius 3 is 2.17 bits per heavy atom. The molecule has 0 saturated carbocycles. The van der Waals surface area contributed by atoms with Crippen molar-refractivity contribution in [1.29, 1.82) is 0 Å². The highest BCUT2D eigenvalue weighted by Gasteiger charge is 2.25. The molecule has 74 valence electrons. The highest BCUT2D eigenvalue weighted by molar-refractivity contribution is 7.83. The van der Waals surface area contributed by atoms with Gasteiger partial charge in [-0.1, -0.05) is 20.3 Å². The molecule has 0 rings (SSSR count). The van der Waals surface area contributed by atoms with Crippen LogP contribution in [0.3, 0.4) is 0 Å². The van der Waals surface area contributed by atoms with Crippen LogP contribution >= 0.6 is 0 Å². The summed E-state index contributed by atoms with van der Waals surface area (Å²) in [6.45, 7) is 5.64. The van der Waals surface area contributed by atoms with E-state index in [0.717, 1.165) is 12.8 Å². The van der Waals surface area contributed by atoms with Gasteiger partial charge in [0.2, 0.25) is 0 Å². The summed E-state index contributed by atoms with van der Waals surface area (Å²) in [5.41, 5.74) is -0.512. The van der Waals surface area contributed by atoms with E-state index in [1.807, 2.05) is 13.8 Å². The molecule has 0 bridgehead atoms. The molecule has 0 saturated heterocycles. The Morgan fingerprint density at radius 2 is 1.92 bits per heavy atom. The minimum absolute atomic E-state index is 0.512. The monoisotopic (exact) mass is 195 g/mol. The highest BCUT2D eigenvalue weighted by Crippen LogP contribution is 2.16. The zero-order valence-corrected chi connectivity index (χ0v) is 8.61. The fourth-order valence-corrected chi connectivity index (χ4v) is 2.03. The normalized spacial score (nSPS) is 17.3. The van der Waals surface area contributed by atoms with Crippen molar-refractivity contribution >= 4 is 10.3 Å². The molecule has 0 aliphatic heterocycles. The van der Waals surface area contributed by atoms with Crippen molar-refractivity contribution in [3.05, 3.63) is 0 Å². The van der Waals surface area contributed by atoms with Crippen LogP contribution in [0.5, 0.6) is 0 Å². The van der Waals surface area contributed by atoms with Crippen LogP contribution < -0.4 is 4.72 Å². The molecule has 5 heteroatoms. The van der Waals surface area contributed by atoms with Crippen LogP contribution in [0.4, 0.5) is 0 Å². The van der Waals surface area contributed by atoms with E-state index in [0.29, 0.717) is 6.42 Å². The summed E-state index contributed by atoms with van der Waals surface area (Å²) < 4.78 is 31.8. The summed E-state index contributed by atoms with van der Waals surface area (Å²) in [6, 6.07) is 0. The Bertz CT molecular complexity index is 225. The first-order valence-corrected chi connectivity index (χ1v) is 5.53. The summed E-state index contributed by atoms with van der Waals surface area (Å²) in [7, 11) is -4.07. The van der Waals surface area contributed by atoms with Gasteiger partial charge < -0.3 is 0 Å². The molecule has 0 aliphatic rings. The number of hydrogen-bond donors (Lipinski definition) is 2. The Hall–Kier alpha value is -0.130. The van der Waals surface area contributed by atoms with Crippen molar-refractivity contribution in [2.45, 2.75) is 45.6 Å². The molecule has 1 unspecified atom stereocenters. The van der Waals surface area contributed by atoms with Gasteiger partial charge >= 0.3 is 10.3 Å². The molecule has 0 aromatic heterocycles. The van der Waals surface area contributed by atoms with E-state index in [1.54, 1.807) is 6.92 Å². The molecule has 0 heterocycles. The first-order valence-electron chi connectivity index (χ1n) is 4.09. The van der Waals surface area contributed by atoms with Crippen LogP contribution in [0.1, 0.15) is 40.0 Å². The second-order valence-electron chi connectivity index (χ2n) is 3.24. The summed E-state index contributed by atoms with van der Waals surface area (Å²) >= 11 is 0. The number of rotatable bonds is 5. The fraction of sp³-hybridized carbons (Fsp3) is 1.00.